The third-order valence-electron chi connectivity index (χ3n) is 4.13. The van der Waals surface area contributed by atoms with Gasteiger partial charge in [0, 0.05) is 17.6 Å². The first kappa shape index (κ1) is 21.2. The number of rotatable bonds is 8. The van der Waals surface area contributed by atoms with E-state index in [1.54, 1.807) is 47.4 Å². The number of para-hydroxylation sites is 1. The van der Waals surface area contributed by atoms with E-state index in [9.17, 15) is 13.2 Å². The molecule has 8 heteroatoms. The van der Waals surface area contributed by atoms with Gasteiger partial charge in [0.05, 0.1) is 12.8 Å². The minimum atomic E-state index is -4.03. The summed E-state index contributed by atoms with van der Waals surface area (Å²) in [5.74, 6) is -0.0455. The Hall–Kier alpha value is -2.06. The standard InChI is InChI=1S/C19H23BrN2O4S/c1-4-21(5-2)19(23)14-22(16-9-7-6-8-10-16)27(24,25)18-13-15(20)11-12-17(18)26-3/h6-13H,4-5,14H2,1-3H3. The zero-order chi connectivity index (χ0) is 20.0. The van der Waals surface area contributed by atoms with Crippen molar-refractivity contribution >= 4 is 37.5 Å². The second-order valence-corrected chi connectivity index (χ2v) is 8.45. The van der Waals surface area contributed by atoms with Crippen LogP contribution in [-0.2, 0) is 14.8 Å². The van der Waals surface area contributed by atoms with Crippen molar-refractivity contribution in [2.24, 2.45) is 0 Å². The topological polar surface area (TPSA) is 66.9 Å². The average Bonchev–Trinajstić information content (AvgIpc) is 2.67. The van der Waals surface area contributed by atoms with E-state index >= 15 is 0 Å². The van der Waals surface area contributed by atoms with E-state index in [0.717, 1.165) is 4.31 Å². The Morgan fingerprint density at radius 3 is 2.26 bits per heavy atom. The molecular formula is C19H23BrN2O4S. The maximum absolute atomic E-state index is 13.5. The lowest BCUT2D eigenvalue weighted by molar-refractivity contribution is -0.129. The van der Waals surface area contributed by atoms with E-state index in [0.29, 0.717) is 23.2 Å². The molecule has 0 aliphatic carbocycles. The van der Waals surface area contributed by atoms with Crippen LogP contribution in [0.1, 0.15) is 13.8 Å². The van der Waals surface area contributed by atoms with Crippen molar-refractivity contribution in [3.05, 3.63) is 53.0 Å². The second-order valence-electron chi connectivity index (χ2n) is 5.71. The largest absolute Gasteiger partial charge is 0.495 e. The number of sulfonamides is 1. The fourth-order valence-corrected chi connectivity index (χ4v) is 4.79. The number of carbonyl (C=O) groups excluding carboxylic acids is 1. The number of amides is 1. The molecule has 0 radical (unpaired) electrons. The number of nitrogens with zero attached hydrogens (tertiary/aromatic N) is 2. The lowest BCUT2D eigenvalue weighted by Crippen LogP contribution is -2.43. The van der Waals surface area contributed by atoms with E-state index in [-0.39, 0.29) is 23.1 Å². The van der Waals surface area contributed by atoms with E-state index in [1.807, 2.05) is 13.8 Å². The zero-order valence-corrected chi connectivity index (χ0v) is 18.0. The van der Waals surface area contributed by atoms with Gasteiger partial charge in [-0.1, -0.05) is 34.1 Å². The van der Waals surface area contributed by atoms with Crippen molar-refractivity contribution in [3.8, 4) is 5.75 Å². The van der Waals surface area contributed by atoms with Crippen LogP contribution in [0.5, 0.6) is 5.75 Å². The molecule has 2 rings (SSSR count). The molecule has 2 aromatic rings. The first-order valence-corrected chi connectivity index (χ1v) is 10.8. The Balaban J connectivity index is 2.56. The quantitative estimate of drug-likeness (QED) is 0.611. The monoisotopic (exact) mass is 454 g/mol. The molecule has 0 fully saturated rings. The summed E-state index contributed by atoms with van der Waals surface area (Å²) in [6.45, 7) is 4.46. The van der Waals surface area contributed by atoms with Gasteiger partial charge in [0.1, 0.15) is 17.2 Å². The molecule has 0 bridgehead atoms. The highest BCUT2D eigenvalue weighted by Gasteiger charge is 2.31. The van der Waals surface area contributed by atoms with Gasteiger partial charge in [-0.3, -0.25) is 9.10 Å². The van der Waals surface area contributed by atoms with Gasteiger partial charge in [-0.2, -0.15) is 0 Å². The molecule has 0 heterocycles. The van der Waals surface area contributed by atoms with Crippen LogP contribution in [0.2, 0.25) is 0 Å². The molecule has 0 aliphatic heterocycles. The van der Waals surface area contributed by atoms with Crippen LogP contribution in [0.3, 0.4) is 0 Å². The number of halogens is 1. The molecule has 2 aromatic carbocycles. The molecule has 0 aliphatic rings. The fraction of sp³-hybridized carbons (Fsp3) is 0.316. The van der Waals surface area contributed by atoms with Crippen LogP contribution in [0.15, 0.2) is 57.9 Å². The maximum atomic E-state index is 13.5. The van der Waals surface area contributed by atoms with E-state index in [2.05, 4.69) is 15.9 Å². The first-order valence-electron chi connectivity index (χ1n) is 8.54. The Morgan fingerprint density at radius 2 is 1.70 bits per heavy atom. The minimum absolute atomic E-state index is 0.00410. The summed E-state index contributed by atoms with van der Waals surface area (Å²) in [5.41, 5.74) is 0.417. The van der Waals surface area contributed by atoms with Gasteiger partial charge in [0.2, 0.25) is 5.91 Å². The molecule has 27 heavy (non-hydrogen) atoms. The van der Waals surface area contributed by atoms with Gasteiger partial charge in [-0.25, -0.2) is 8.42 Å². The van der Waals surface area contributed by atoms with Crippen molar-refractivity contribution < 1.29 is 17.9 Å². The average molecular weight is 455 g/mol. The molecular weight excluding hydrogens is 432 g/mol. The number of benzene rings is 2. The molecule has 0 N–H and O–H groups in total. The van der Waals surface area contributed by atoms with Crippen molar-refractivity contribution in [1.29, 1.82) is 0 Å². The highest BCUT2D eigenvalue weighted by atomic mass is 79.9. The van der Waals surface area contributed by atoms with Gasteiger partial charge in [0.15, 0.2) is 0 Å². The summed E-state index contributed by atoms with van der Waals surface area (Å²) in [6.07, 6.45) is 0. The van der Waals surface area contributed by atoms with Gasteiger partial charge < -0.3 is 9.64 Å². The van der Waals surface area contributed by atoms with E-state index in [1.165, 1.54) is 13.2 Å². The maximum Gasteiger partial charge on any atom is 0.268 e. The Bertz CT molecular complexity index is 884. The van der Waals surface area contributed by atoms with Gasteiger partial charge in [0.25, 0.3) is 10.0 Å². The van der Waals surface area contributed by atoms with E-state index < -0.39 is 10.0 Å². The molecule has 0 atom stereocenters. The van der Waals surface area contributed by atoms with Gasteiger partial charge in [-0.05, 0) is 44.2 Å². The van der Waals surface area contributed by atoms with Crippen LogP contribution in [-0.4, -0.2) is 46.0 Å². The number of hydrogen-bond donors (Lipinski definition) is 0. The molecule has 0 saturated heterocycles. The predicted octanol–water partition coefficient (Wildman–Crippen LogP) is 3.52. The number of methoxy groups -OCH3 is 1. The SMILES string of the molecule is CCN(CC)C(=O)CN(c1ccccc1)S(=O)(=O)c1cc(Br)ccc1OC. The molecule has 0 unspecified atom stereocenters. The van der Waals surface area contributed by atoms with Crippen molar-refractivity contribution in [2.75, 3.05) is 31.0 Å². The zero-order valence-electron chi connectivity index (χ0n) is 15.6. The number of likely N-dealkylation sites (N-methyl/N-ethyl adjacent to an activating group) is 1. The number of ether oxygens (including phenoxy) is 1. The Kier molecular flexibility index (Phi) is 7.26. The van der Waals surface area contributed by atoms with Gasteiger partial charge in [-0.15, -0.1) is 0 Å². The Morgan fingerprint density at radius 1 is 1.07 bits per heavy atom. The lowest BCUT2D eigenvalue weighted by atomic mass is 10.3. The van der Waals surface area contributed by atoms with Crippen LogP contribution >= 0.6 is 15.9 Å². The summed E-state index contributed by atoms with van der Waals surface area (Å²) >= 11 is 3.31. The first-order chi connectivity index (χ1) is 12.8. The third kappa shape index (κ3) is 4.81. The predicted molar refractivity (Wildman–Crippen MR) is 110 cm³/mol. The smallest absolute Gasteiger partial charge is 0.268 e. The number of carbonyl (C=O) groups is 1. The molecule has 0 spiro atoms. The van der Waals surface area contributed by atoms with Crippen LogP contribution < -0.4 is 9.04 Å². The summed E-state index contributed by atoms with van der Waals surface area (Å²) in [4.78, 5) is 14.3. The molecule has 6 nitrogen and oxygen atoms in total. The second kappa shape index (κ2) is 9.23. The van der Waals surface area contributed by atoms with Crippen LogP contribution in [0.25, 0.3) is 0 Å². The highest BCUT2D eigenvalue weighted by molar-refractivity contribution is 9.10. The Labute approximate surface area is 168 Å². The summed E-state index contributed by atoms with van der Waals surface area (Å²) in [7, 11) is -2.62. The summed E-state index contributed by atoms with van der Waals surface area (Å²) in [6, 6.07) is 13.3. The van der Waals surface area contributed by atoms with Crippen molar-refractivity contribution in [2.45, 2.75) is 18.7 Å². The summed E-state index contributed by atoms with van der Waals surface area (Å²) < 4.78 is 33.9. The number of anilines is 1. The van der Waals surface area contributed by atoms with Crippen LogP contribution in [0.4, 0.5) is 5.69 Å². The van der Waals surface area contributed by atoms with E-state index in [4.69, 9.17) is 4.74 Å². The molecule has 1 amide bonds. The van der Waals surface area contributed by atoms with Crippen molar-refractivity contribution in [3.63, 3.8) is 0 Å². The number of hydrogen-bond acceptors (Lipinski definition) is 4. The molecule has 0 saturated carbocycles. The normalized spacial score (nSPS) is 11.1. The lowest BCUT2D eigenvalue weighted by Gasteiger charge is -2.28. The van der Waals surface area contributed by atoms with Gasteiger partial charge >= 0.3 is 0 Å². The third-order valence-corrected chi connectivity index (χ3v) is 6.42. The van der Waals surface area contributed by atoms with Crippen LogP contribution in [0, 0.1) is 0 Å². The molecule has 146 valence electrons. The molecule has 0 aromatic heterocycles. The summed E-state index contributed by atoms with van der Waals surface area (Å²) in [5, 5.41) is 0. The minimum Gasteiger partial charge on any atom is -0.495 e. The fourth-order valence-electron chi connectivity index (χ4n) is 2.68. The van der Waals surface area contributed by atoms with Crippen molar-refractivity contribution in [1.82, 2.24) is 4.90 Å². The highest BCUT2D eigenvalue weighted by Crippen LogP contribution is 2.32.